The number of hydrogen-bond donors (Lipinski definition) is 7. The number of aromatic nitrogens is 4. The molecule has 4 aliphatic rings. The van der Waals surface area contributed by atoms with Gasteiger partial charge in [-0.15, -0.1) is 0 Å². The van der Waals surface area contributed by atoms with E-state index in [4.69, 9.17) is 44.6 Å². The summed E-state index contributed by atoms with van der Waals surface area (Å²) in [5, 5.41) is 5.53. The van der Waals surface area contributed by atoms with Gasteiger partial charge in [-0.2, -0.15) is 0 Å². The number of Topliss-reactive ketones (excluding diaryl/α,β-unsaturated/α-hetero) is 3. The quantitative estimate of drug-likeness (QED) is 0.0120. The first-order valence-electron chi connectivity index (χ1n) is 47.6. The molecule has 6 heterocycles. The van der Waals surface area contributed by atoms with Gasteiger partial charge in [0.2, 0.25) is 17.7 Å². The largest absolute Gasteiger partial charge is 0.463 e. The number of ether oxygens (including phenoxy) is 7. The van der Waals surface area contributed by atoms with E-state index in [2.05, 4.69) is 25.3 Å². The number of halogens is 4. The normalized spacial score (nSPS) is 20.7. The zero-order valence-electron chi connectivity index (χ0n) is 83.3. The van der Waals surface area contributed by atoms with Crippen molar-refractivity contribution in [3.63, 3.8) is 0 Å². The van der Waals surface area contributed by atoms with Crippen LogP contribution in [0.5, 0.6) is 0 Å². The number of likely N-dealkylation sites (N-methyl/N-ethyl adjacent to an activating group) is 2. The minimum Gasteiger partial charge on any atom is -0.463 e. The van der Waals surface area contributed by atoms with E-state index in [0.717, 1.165) is 26.8 Å². The van der Waals surface area contributed by atoms with Gasteiger partial charge in [-0.3, -0.25) is 57.6 Å². The highest BCUT2D eigenvalue weighted by Gasteiger charge is 2.48. The average Bonchev–Trinajstić information content (AvgIpc) is 1.59. The highest BCUT2D eigenvalue weighted by atomic mass is 19.1. The van der Waals surface area contributed by atoms with Crippen molar-refractivity contribution in [2.45, 2.75) is 318 Å². The third-order valence-corrected chi connectivity index (χ3v) is 26.2. The molecule has 16 atom stereocenters. The fourth-order valence-corrected chi connectivity index (χ4v) is 19.5. The SMILES string of the molecule is CC(=O)OC(C)(C)C.CC[C@H](CC(=O)[C@H](C)N(C)C(=O)OC(C)(C)C)C(=O)C1C[C@@H](OC(C)=O)CC1Cc1c(-c2[nH]c3cc(F)ccc3c2C[C@@H]2C[C@H](OC(C)=O)CN2C(=O)[C@H](CC)NC(=O)[C@H](C)N(C)C(=O)OC(C)(C)C)[nH]c2cc(F)ccc12.CC[C@H](N)C(=O)C1C[C@@H](OC(C)=O)CC1Cc1c(-c2[nH]c3cc(F)ccc3c2C[C@@H]2C[C@H](OC(C)=O)CN2C(=O)[C@@H](N)CC)[nH]c2cc(F)ccc12. The second-order valence-electron chi connectivity index (χ2n) is 40.2. The molecule has 2 saturated heterocycles. The van der Waals surface area contributed by atoms with Crippen LogP contribution in [-0.4, -0.2) is 227 Å². The third-order valence-electron chi connectivity index (χ3n) is 26.2. The van der Waals surface area contributed by atoms with Gasteiger partial charge in [0.1, 0.15) is 82.4 Å². The van der Waals surface area contributed by atoms with E-state index in [1.54, 1.807) is 89.5 Å². The molecule has 12 rings (SSSR count). The van der Waals surface area contributed by atoms with Gasteiger partial charge in [0.15, 0.2) is 11.6 Å². The number of aromatic amines is 4. The van der Waals surface area contributed by atoms with Gasteiger partial charge in [-0.05, 0) is 260 Å². The molecule has 2 saturated carbocycles. The number of H-pyrrole nitrogens is 4. The Morgan fingerprint density at radius 3 is 1.07 bits per heavy atom. The summed E-state index contributed by atoms with van der Waals surface area (Å²) in [7, 11) is 2.90. The molecular formula is C103H137F4N11O20. The summed E-state index contributed by atoms with van der Waals surface area (Å²) in [6.07, 6.45) is 0.391. The molecule has 4 aromatic heterocycles. The molecule has 138 heavy (non-hydrogen) atoms. The number of nitrogens with one attached hydrogen (secondary N) is 5. The first-order chi connectivity index (χ1) is 64.6. The Labute approximate surface area is 802 Å². The van der Waals surface area contributed by atoms with E-state index >= 15 is 8.78 Å². The molecule has 9 N–H and O–H groups in total. The minimum absolute atomic E-state index is 0.00362. The molecule has 4 fully saturated rings. The molecular weight excluding hydrogens is 1790 g/mol. The number of nitrogens with zero attached hydrogens (tertiary/aromatic N) is 4. The standard InChI is InChI=1S/C58H78F2N6O12.C39H47F2N5O6.C6H12O2/c1-15-34(23-49(69)30(3)64(13)55(73)77-57(7,8)9)52(70)43-28-39(75-32(5)67)21-35(43)22-44-41-19-17-36(59)24-47(41)61-50(44)51-45(42-20-18-37(60)25-48(42)62-51)27-38-26-40(76-33(6)68)29-66(38)54(72)46(16-2)63-53(71)31(4)65(14)56(74)78-58(10,11)12;1-5-32(42)38(49)29-17-25(51-19(3)47)11-21(29)12-30-27-9-7-22(40)13-34(27)44-36(30)37-31(28-10-8-23(41)14-35(28)45-37)16-24-15-26(52-20(4)48)18-46(24)39(50)33(43)6-2;1-5(7)8-6(2,3)4/h17-20,24-25,30-31,34-35,38-40,43,46,61-62H,15-16,21-23,26-29H2,1-14H3,(H,63,71);7-10,13-14,21,24-26,29,32-33,44-45H,5-6,11-12,15-18,42-43H2,1-4H3;1-4H3/t30-,31-,34+,35?,38-,39-,40-,43?,46-;21?,24-,25-,26-,29?,32-,33-;/m00./s1. The minimum atomic E-state index is -1.05. The Kier molecular flexibility index (Phi) is 35.4. The lowest BCUT2D eigenvalue weighted by Gasteiger charge is -2.31. The van der Waals surface area contributed by atoms with Crippen molar-refractivity contribution in [1.82, 2.24) is 44.9 Å². The molecule has 0 radical (unpaired) electrons. The van der Waals surface area contributed by atoms with Crippen molar-refractivity contribution in [3.8, 4) is 22.8 Å². The second kappa shape index (κ2) is 45.3. The van der Waals surface area contributed by atoms with E-state index in [-0.39, 0.29) is 98.8 Å². The van der Waals surface area contributed by atoms with Crippen LogP contribution in [0.15, 0.2) is 72.8 Å². The number of esters is 5. The number of carbonyl (C=O) groups excluding carboxylic acids is 13. The van der Waals surface area contributed by atoms with Gasteiger partial charge < -0.3 is 84.6 Å². The van der Waals surface area contributed by atoms with Crippen LogP contribution < -0.4 is 16.8 Å². The predicted molar refractivity (Wildman–Crippen MR) is 511 cm³/mol. The van der Waals surface area contributed by atoms with Crippen LogP contribution >= 0.6 is 0 Å². The lowest BCUT2D eigenvalue weighted by atomic mass is 9.79. The lowest BCUT2D eigenvalue weighted by Crippen LogP contribution is -2.55. The highest BCUT2D eigenvalue weighted by molar-refractivity contribution is 6.00. The number of benzene rings is 4. The first kappa shape index (κ1) is 108. The van der Waals surface area contributed by atoms with Gasteiger partial charge in [-0.1, -0.05) is 27.7 Å². The summed E-state index contributed by atoms with van der Waals surface area (Å²) < 4.78 is 98.2. The molecule has 2 aliphatic carbocycles. The van der Waals surface area contributed by atoms with E-state index < -0.39 is 173 Å². The van der Waals surface area contributed by atoms with Crippen LogP contribution in [0.2, 0.25) is 0 Å². The molecule has 752 valence electrons. The molecule has 0 spiro atoms. The number of ketones is 3. The van der Waals surface area contributed by atoms with Crippen LogP contribution in [0.4, 0.5) is 27.2 Å². The van der Waals surface area contributed by atoms with Crippen LogP contribution in [0.1, 0.15) is 231 Å². The molecule has 8 aromatic rings. The smallest absolute Gasteiger partial charge is 0.410 e. The van der Waals surface area contributed by atoms with Crippen LogP contribution in [-0.2, 0) is 112 Å². The van der Waals surface area contributed by atoms with Gasteiger partial charge in [0.05, 0.1) is 54.0 Å². The third kappa shape index (κ3) is 27.1. The zero-order chi connectivity index (χ0) is 102. The van der Waals surface area contributed by atoms with Crippen molar-refractivity contribution >= 4 is 121 Å². The molecule has 35 heteroatoms. The fraction of sp³-hybridized carbons (Fsp3) is 0.563. The molecule has 5 amide bonds. The summed E-state index contributed by atoms with van der Waals surface area (Å²) in [5.41, 5.74) is 17.6. The van der Waals surface area contributed by atoms with E-state index in [1.807, 2.05) is 41.5 Å². The Morgan fingerprint density at radius 1 is 0.420 bits per heavy atom. The summed E-state index contributed by atoms with van der Waals surface area (Å²) >= 11 is 0. The van der Waals surface area contributed by atoms with Crippen molar-refractivity contribution in [2.75, 3.05) is 27.2 Å². The Bertz CT molecular complexity index is 5500. The predicted octanol–water partition coefficient (Wildman–Crippen LogP) is 15.7. The molecule has 31 nitrogen and oxygen atoms in total. The molecule has 2 aliphatic heterocycles. The zero-order valence-corrected chi connectivity index (χ0v) is 83.3. The van der Waals surface area contributed by atoms with Gasteiger partial charge >= 0.3 is 42.0 Å². The maximum atomic E-state index is 15.2. The van der Waals surface area contributed by atoms with Gasteiger partial charge in [-0.25, -0.2) is 27.2 Å². The van der Waals surface area contributed by atoms with Crippen molar-refractivity contribution in [1.29, 1.82) is 0 Å². The maximum Gasteiger partial charge on any atom is 0.410 e. The van der Waals surface area contributed by atoms with Crippen LogP contribution in [0, 0.1) is 52.9 Å². The summed E-state index contributed by atoms with van der Waals surface area (Å²) in [5.74, 6) is -8.60. The Hall–Kier alpha value is -12.0. The van der Waals surface area contributed by atoms with E-state index in [0.29, 0.717) is 118 Å². The molecule has 0 bridgehead atoms. The van der Waals surface area contributed by atoms with Crippen molar-refractivity contribution < 1.29 is 113 Å². The number of rotatable bonds is 31. The number of fused-ring (bicyclic) bond motifs is 4. The van der Waals surface area contributed by atoms with E-state index in [9.17, 15) is 71.1 Å². The summed E-state index contributed by atoms with van der Waals surface area (Å²) in [6.45, 7) is 33.0. The highest BCUT2D eigenvalue weighted by Crippen LogP contribution is 2.48. The Balaban J connectivity index is 0.000000281. The number of nitrogens with two attached hydrogens (primary N) is 2. The summed E-state index contributed by atoms with van der Waals surface area (Å²) in [6, 6.07) is 12.1. The molecule has 4 aromatic carbocycles. The number of likely N-dealkylation sites (tertiary alicyclic amines) is 2. The summed E-state index contributed by atoms with van der Waals surface area (Å²) in [4.78, 5) is 188. The maximum absolute atomic E-state index is 15.2. The van der Waals surface area contributed by atoms with Crippen molar-refractivity contribution in [3.05, 3.63) is 118 Å². The first-order valence-corrected chi connectivity index (χ1v) is 47.6. The Morgan fingerprint density at radius 2 is 0.754 bits per heavy atom. The van der Waals surface area contributed by atoms with Gasteiger partial charge in [0.25, 0.3) is 0 Å². The monoisotopic (exact) mass is 1920 g/mol. The molecule has 4 unspecified atom stereocenters. The average molecular weight is 1930 g/mol. The lowest BCUT2D eigenvalue weighted by molar-refractivity contribution is -0.152. The number of hydrogen-bond acceptors (Lipinski definition) is 22. The second-order valence-corrected chi connectivity index (χ2v) is 40.2. The van der Waals surface area contributed by atoms with Gasteiger partial charge in [0, 0.05) is 141 Å². The topological polar surface area (TPSA) is 427 Å². The van der Waals surface area contributed by atoms with Crippen LogP contribution in [0.3, 0.4) is 0 Å². The van der Waals surface area contributed by atoms with E-state index in [1.165, 1.54) is 109 Å². The fourth-order valence-electron chi connectivity index (χ4n) is 19.5. The van der Waals surface area contributed by atoms with Crippen LogP contribution in [0.25, 0.3) is 66.4 Å². The number of carbonyl (C=O) groups is 13. The number of amides is 5. The van der Waals surface area contributed by atoms with Crippen molar-refractivity contribution in [2.24, 2.45) is 41.1 Å².